The summed E-state index contributed by atoms with van der Waals surface area (Å²) < 4.78 is 2.18. The zero-order valence-corrected chi connectivity index (χ0v) is 10.9. The molecular weight excluding hydrogens is 208 g/mol. The van der Waals surface area contributed by atoms with Gasteiger partial charge in [0.1, 0.15) is 0 Å². The molecule has 0 radical (unpaired) electrons. The van der Waals surface area contributed by atoms with E-state index in [0.717, 1.165) is 12.5 Å². The lowest BCUT2D eigenvalue weighted by molar-refractivity contribution is 0.575. The highest BCUT2D eigenvalue weighted by atomic mass is 15.3. The van der Waals surface area contributed by atoms with Crippen molar-refractivity contribution in [1.82, 2.24) is 9.78 Å². The van der Waals surface area contributed by atoms with Crippen LogP contribution in [0.15, 0.2) is 24.4 Å². The number of hydrogen-bond acceptors (Lipinski definition) is 1. The van der Waals surface area contributed by atoms with E-state index in [9.17, 15) is 0 Å². The summed E-state index contributed by atoms with van der Waals surface area (Å²) in [6.45, 7) is 7.87. The van der Waals surface area contributed by atoms with E-state index in [1.165, 1.54) is 29.3 Å². The Morgan fingerprint density at radius 2 is 2.06 bits per heavy atom. The van der Waals surface area contributed by atoms with Crippen LogP contribution in [0.3, 0.4) is 0 Å². The molecule has 17 heavy (non-hydrogen) atoms. The van der Waals surface area contributed by atoms with Gasteiger partial charge in [-0.05, 0) is 35.8 Å². The summed E-state index contributed by atoms with van der Waals surface area (Å²) in [5.74, 6) is 0.872. The molecule has 0 aliphatic heterocycles. The van der Waals surface area contributed by atoms with Gasteiger partial charge in [-0.15, -0.1) is 0 Å². The van der Waals surface area contributed by atoms with Crippen molar-refractivity contribution in [2.75, 3.05) is 0 Å². The normalized spacial score (nSPS) is 16.6. The predicted octanol–water partition coefficient (Wildman–Crippen LogP) is 3.74. The molecule has 0 amide bonds. The minimum absolute atomic E-state index is 0.211. The molecule has 2 aromatic rings. The first-order chi connectivity index (χ1) is 8.04. The van der Waals surface area contributed by atoms with E-state index in [1.54, 1.807) is 0 Å². The Morgan fingerprint density at radius 1 is 1.29 bits per heavy atom. The number of fused-ring (bicyclic) bond motifs is 1. The van der Waals surface area contributed by atoms with Crippen LogP contribution in [-0.2, 0) is 12.0 Å². The van der Waals surface area contributed by atoms with Crippen LogP contribution in [0.25, 0.3) is 10.9 Å². The minimum atomic E-state index is 0.211. The molecule has 1 saturated carbocycles. The summed E-state index contributed by atoms with van der Waals surface area (Å²) in [5, 5.41) is 5.78. The molecule has 1 aromatic heterocycles. The number of hydrogen-bond donors (Lipinski definition) is 0. The largest absolute Gasteiger partial charge is 0.265 e. The Balaban J connectivity index is 2.05. The van der Waals surface area contributed by atoms with Crippen LogP contribution in [0.1, 0.15) is 39.2 Å². The second kappa shape index (κ2) is 3.59. The summed E-state index contributed by atoms with van der Waals surface area (Å²) >= 11 is 0. The van der Waals surface area contributed by atoms with Gasteiger partial charge in [0, 0.05) is 11.9 Å². The molecule has 2 nitrogen and oxygen atoms in total. The number of rotatable bonds is 2. The van der Waals surface area contributed by atoms with E-state index in [-0.39, 0.29) is 5.41 Å². The highest BCUT2D eigenvalue weighted by molar-refractivity contribution is 5.79. The Bertz CT molecular complexity index is 542. The van der Waals surface area contributed by atoms with Crippen molar-refractivity contribution < 1.29 is 0 Å². The first kappa shape index (κ1) is 10.8. The fourth-order valence-electron chi connectivity index (χ4n) is 2.23. The molecule has 1 aromatic carbocycles. The summed E-state index contributed by atoms with van der Waals surface area (Å²) in [4.78, 5) is 0. The highest BCUT2D eigenvalue weighted by Gasteiger charge is 2.23. The summed E-state index contributed by atoms with van der Waals surface area (Å²) in [7, 11) is 0. The average molecular weight is 228 g/mol. The summed E-state index contributed by atoms with van der Waals surface area (Å²) in [6, 6.07) is 6.74. The number of benzene rings is 1. The second-order valence-electron chi connectivity index (χ2n) is 6.29. The van der Waals surface area contributed by atoms with Crippen LogP contribution in [0.4, 0.5) is 0 Å². The smallest absolute Gasteiger partial charge is 0.0685 e. The van der Waals surface area contributed by atoms with E-state index in [2.05, 4.69) is 48.8 Å². The van der Waals surface area contributed by atoms with Gasteiger partial charge in [0.05, 0.1) is 11.7 Å². The zero-order chi connectivity index (χ0) is 12.0. The van der Waals surface area contributed by atoms with E-state index >= 15 is 0 Å². The van der Waals surface area contributed by atoms with Crippen molar-refractivity contribution in [3.63, 3.8) is 0 Å². The quantitative estimate of drug-likeness (QED) is 0.765. The molecule has 1 fully saturated rings. The molecular formula is C15H20N2. The molecule has 1 aliphatic carbocycles. The fourth-order valence-corrected chi connectivity index (χ4v) is 2.23. The molecule has 0 spiro atoms. The van der Waals surface area contributed by atoms with Crippen molar-refractivity contribution in [3.8, 4) is 0 Å². The molecule has 3 rings (SSSR count). The van der Waals surface area contributed by atoms with E-state index in [4.69, 9.17) is 0 Å². The lowest BCUT2D eigenvalue weighted by Gasteiger charge is -2.19. The molecule has 1 aliphatic rings. The Morgan fingerprint density at radius 3 is 2.71 bits per heavy atom. The molecule has 0 saturated heterocycles. The van der Waals surface area contributed by atoms with Crippen molar-refractivity contribution in [2.45, 2.75) is 45.6 Å². The van der Waals surface area contributed by atoms with Crippen molar-refractivity contribution in [2.24, 2.45) is 5.92 Å². The summed E-state index contributed by atoms with van der Waals surface area (Å²) in [5.41, 5.74) is 2.90. The number of aromatic nitrogens is 2. The van der Waals surface area contributed by atoms with E-state index in [1.807, 2.05) is 6.20 Å². The third-order valence-electron chi connectivity index (χ3n) is 3.64. The molecule has 90 valence electrons. The van der Waals surface area contributed by atoms with Crippen LogP contribution in [0.2, 0.25) is 0 Å². The van der Waals surface area contributed by atoms with Crippen LogP contribution < -0.4 is 0 Å². The van der Waals surface area contributed by atoms with Crippen LogP contribution >= 0.6 is 0 Å². The van der Waals surface area contributed by atoms with Gasteiger partial charge in [-0.3, -0.25) is 4.68 Å². The van der Waals surface area contributed by atoms with Gasteiger partial charge >= 0.3 is 0 Å². The maximum absolute atomic E-state index is 4.52. The second-order valence-corrected chi connectivity index (χ2v) is 6.29. The standard InChI is InChI=1S/C15H20N2/c1-15(2,3)13-7-6-12-9-16-17(14(12)8-13)10-11-4-5-11/h6-9,11H,4-5,10H2,1-3H3. The van der Waals surface area contributed by atoms with Gasteiger partial charge in [0.25, 0.3) is 0 Å². The molecule has 0 atom stereocenters. The predicted molar refractivity (Wildman–Crippen MR) is 71.2 cm³/mol. The number of nitrogens with zero attached hydrogens (tertiary/aromatic N) is 2. The Kier molecular flexibility index (Phi) is 2.29. The minimum Gasteiger partial charge on any atom is -0.265 e. The summed E-state index contributed by atoms with van der Waals surface area (Å²) in [6.07, 6.45) is 4.74. The van der Waals surface area contributed by atoms with Gasteiger partial charge in [0.2, 0.25) is 0 Å². The topological polar surface area (TPSA) is 17.8 Å². The first-order valence-corrected chi connectivity index (χ1v) is 6.50. The van der Waals surface area contributed by atoms with Crippen molar-refractivity contribution >= 4 is 10.9 Å². The third kappa shape index (κ3) is 2.08. The monoisotopic (exact) mass is 228 g/mol. The molecule has 0 bridgehead atoms. The van der Waals surface area contributed by atoms with Gasteiger partial charge in [-0.1, -0.05) is 32.9 Å². The lowest BCUT2D eigenvalue weighted by Crippen LogP contribution is -2.11. The average Bonchev–Trinajstić information content (AvgIpc) is 2.98. The Labute approximate surface area is 103 Å². The van der Waals surface area contributed by atoms with Crippen LogP contribution in [0, 0.1) is 5.92 Å². The maximum atomic E-state index is 4.52. The van der Waals surface area contributed by atoms with Crippen molar-refractivity contribution in [1.29, 1.82) is 0 Å². The third-order valence-corrected chi connectivity index (χ3v) is 3.64. The van der Waals surface area contributed by atoms with Gasteiger partial charge in [-0.25, -0.2) is 0 Å². The van der Waals surface area contributed by atoms with Gasteiger partial charge in [0.15, 0.2) is 0 Å². The molecule has 0 N–H and O–H groups in total. The SMILES string of the molecule is CC(C)(C)c1ccc2cnn(CC3CC3)c2c1. The zero-order valence-electron chi connectivity index (χ0n) is 10.9. The lowest BCUT2D eigenvalue weighted by atomic mass is 9.87. The van der Waals surface area contributed by atoms with Crippen LogP contribution in [0.5, 0.6) is 0 Å². The molecule has 2 heteroatoms. The van der Waals surface area contributed by atoms with Gasteiger partial charge in [-0.2, -0.15) is 5.10 Å². The fraction of sp³-hybridized carbons (Fsp3) is 0.533. The van der Waals surface area contributed by atoms with E-state index in [0.29, 0.717) is 0 Å². The first-order valence-electron chi connectivity index (χ1n) is 6.50. The van der Waals surface area contributed by atoms with Gasteiger partial charge < -0.3 is 0 Å². The van der Waals surface area contributed by atoms with Crippen LogP contribution in [-0.4, -0.2) is 9.78 Å². The highest BCUT2D eigenvalue weighted by Crippen LogP contribution is 2.32. The molecule has 0 unspecified atom stereocenters. The van der Waals surface area contributed by atoms with E-state index < -0.39 is 0 Å². The van der Waals surface area contributed by atoms with Crippen molar-refractivity contribution in [3.05, 3.63) is 30.0 Å². The Hall–Kier alpha value is -1.31. The molecule has 1 heterocycles. The maximum Gasteiger partial charge on any atom is 0.0685 e.